The monoisotopic (exact) mass is 362 g/mol. The number of nitrogens with zero attached hydrogens (tertiary/aromatic N) is 4. The second-order valence-electron chi connectivity index (χ2n) is 6.86. The van der Waals surface area contributed by atoms with Crippen LogP contribution in [-0.2, 0) is 18.2 Å². The van der Waals surface area contributed by atoms with E-state index in [9.17, 15) is 4.79 Å². The molecular formula is C21H22N4O2. The third-order valence-corrected chi connectivity index (χ3v) is 4.90. The van der Waals surface area contributed by atoms with Gasteiger partial charge in [-0.1, -0.05) is 24.3 Å². The molecule has 0 radical (unpaired) electrons. The minimum Gasteiger partial charge on any atom is -0.371 e. The van der Waals surface area contributed by atoms with Gasteiger partial charge in [-0.05, 0) is 23.6 Å². The molecule has 0 N–H and O–H groups in total. The fourth-order valence-electron chi connectivity index (χ4n) is 3.47. The van der Waals surface area contributed by atoms with E-state index in [1.165, 1.54) is 11.1 Å². The van der Waals surface area contributed by atoms with Crippen LogP contribution < -0.4 is 0 Å². The van der Waals surface area contributed by atoms with E-state index in [4.69, 9.17) is 4.74 Å². The molecular weight excluding hydrogens is 340 g/mol. The maximum atomic E-state index is 12.9. The summed E-state index contributed by atoms with van der Waals surface area (Å²) >= 11 is 0. The summed E-state index contributed by atoms with van der Waals surface area (Å²) in [6.45, 7) is 1.19. The summed E-state index contributed by atoms with van der Waals surface area (Å²) < 4.78 is 7.67. The third-order valence-electron chi connectivity index (χ3n) is 4.90. The van der Waals surface area contributed by atoms with Crippen LogP contribution in [0.5, 0.6) is 0 Å². The van der Waals surface area contributed by atoms with Gasteiger partial charge in [0, 0.05) is 43.8 Å². The zero-order valence-electron chi connectivity index (χ0n) is 15.5. The van der Waals surface area contributed by atoms with E-state index in [2.05, 4.69) is 22.2 Å². The van der Waals surface area contributed by atoms with Crippen molar-refractivity contribution in [3.8, 4) is 11.1 Å². The second-order valence-corrected chi connectivity index (χ2v) is 6.86. The molecule has 2 aromatic heterocycles. The normalized spacial score (nSPS) is 16.0. The van der Waals surface area contributed by atoms with Crippen LogP contribution in [0.3, 0.4) is 0 Å². The Hall–Kier alpha value is -2.99. The first-order valence-electron chi connectivity index (χ1n) is 9.01. The fourth-order valence-corrected chi connectivity index (χ4v) is 3.47. The van der Waals surface area contributed by atoms with E-state index in [0.717, 1.165) is 17.5 Å². The van der Waals surface area contributed by atoms with Crippen molar-refractivity contribution in [2.75, 3.05) is 20.2 Å². The topological polar surface area (TPSA) is 60.2 Å². The molecule has 3 aromatic rings. The van der Waals surface area contributed by atoms with Crippen LogP contribution in [0.25, 0.3) is 11.1 Å². The summed E-state index contributed by atoms with van der Waals surface area (Å²) in [5.74, 6) is -0.0695. The molecule has 0 bridgehead atoms. The lowest BCUT2D eigenvalue weighted by molar-refractivity contribution is 0.0200. The Morgan fingerprint density at radius 2 is 2.11 bits per heavy atom. The number of aromatic nitrogens is 3. The minimum atomic E-state index is -0.0987. The molecule has 1 aliphatic rings. The predicted octanol–water partition coefficient (Wildman–Crippen LogP) is 2.87. The van der Waals surface area contributed by atoms with Gasteiger partial charge in [-0.25, -0.2) is 0 Å². The summed E-state index contributed by atoms with van der Waals surface area (Å²) in [5, 5.41) is 4.18. The molecule has 1 atom stereocenters. The average molecular weight is 362 g/mol. The van der Waals surface area contributed by atoms with E-state index in [-0.39, 0.29) is 12.0 Å². The van der Waals surface area contributed by atoms with Crippen molar-refractivity contribution in [3.63, 3.8) is 0 Å². The maximum Gasteiger partial charge on any atom is 0.255 e. The van der Waals surface area contributed by atoms with Crippen LogP contribution in [0.1, 0.15) is 27.6 Å². The van der Waals surface area contributed by atoms with Gasteiger partial charge in [0.1, 0.15) is 6.10 Å². The summed E-state index contributed by atoms with van der Waals surface area (Å²) in [5.41, 5.74) is 4.84. The van der Waals surface area contributed by atoms with Crippen LogP contribution in [-0.4, -0.2) is 45.8 Å². The SMILES string of the molecule is CN(CC1OCCc2ccccc21)C(=O)c1cncc(-c2cnn(C)c2)c1. The Bertz CT molecular complexity index is 966. The molecule has 0 fully saturated rings. The molecule has 1 unspecified atom stereocenters. The summed E-state index contributed by atoms with van der Waals surface area (Å²) in [4.78, 5) is 18.9. The number of fused-ring (bicyclic) bond motifs is 1. The van der Waals surface area contributed by atoms with Gasteiger partial charge in [0.2, 0.25) is 0 Å². The van der Waals surface area contributed by atoms with E-state index in [1.807, 2.05) is 31.4 Å². The van der Waals surface area contributed by atoms with Crippen LogP contribution in [0.15, 0.2) is 55.1 Å². The maximum absolute atomic E-state index is 12.9. The van der Waals surface area contributed by atoms with Crippen molar-refractivity contribution in [2.45, 2.75) is 12.5 Å². The van der Waals surface area contributed by atoms with Crippen molar-refractivity contribution in [2.24, 2.45) is 7.05 Å². The Balaban J connectivity index is 1.52. The summed E-state index contributed by atoms with van der Waals surface area (Å²) in [6, 6.07) is 10.1. The van der Waals surface area contributed by atoms with E-state index < -0.39 is 0 Å². The number of benzene rings is 1. The number of carbonyl (C=O) groups excluding carboxylic acids is 1. The van der Waals surface area contributed by atoms with Gasteiger partial charge in [0.15, 0.2) is 0 Å². The van der Waals surface area contributed by atoms with Gasteiger partial charge in [0.05, 0.1) is 24.9 Å². The highest BCUT2D eigenvalue weighted by Crippen LogP contribution is 2.28. The largest absolute Gasteiger partial charge is 0.371 e. The molecule has 4 rings (SSSR count). The molecule has 1 aromatic carbocycles. The Morgan fingerprint density at radius 3 is 2.93 bits per heavy atom. The Kier molecular flexibility index (Phi) is 4.73. The molecule has 1 aliphatic heterocycles. The molecule has 6 heteroatoms. The third kappa shape index (κ3) is 3.61. The van der Waals surface area contributed by atoms with Crippen LogP contribution in [0, 0.1) is 0 Å². The smallest absolute Gasteiger partial charge is 0.255 e. The summed E-state index contributed by atoms with van der Waals surface area (Å²) in [7, 11) is 3.67. The number of rotatable bonds is 4. The quantitative estimate of drug-likeness (QED) is 0.716. The molecule has 3 heterocycles. The number of hydrogen-bond donors (Lipinski definition) is 0. The zero-order chi connectivity index (χ0) is 18.8. The van der Waals surface area contributed by atoms with Gasteiger partial charge >= 0.3 is 0 Å². The van der Waals surface area contributed by atoms with Crippen molar-refractivity contribution in [3.05, 3.63) is 71.8 Å². The lowest BCUT2D eigenvalue weighted by Gasteiger charge is -2.29. The number of likely N-dealkylation sites (N-methyl/N-ethyl adjacent to an activating group) is 1. The molecule has 0 spiro atoms. The first-order valence-corrected chi connectivity index (χ1v) is 9.01. The standard InChI is InChI=1S/C21H22N4O2/c1-24(14-20-19-6-4-3-5-15(19)7-8-27-20)21(26)17-9-16(10-22-11-17)18-12-23-25(2)13-18/h3-6,9-13,20H,7-8,14H2,1-2H3. The highest BCUT2D eigenvalue weighted by molar-refractivity contribution is 5.94. The number of pyridine rings is 1. The highest BCUT2D eigenvalue weighted by Gasteiger charge is 2.24. The van der Waals surface area contributed by atoms with Gasteiger partial charge < -0.3 is 9.64 Å². The van der Waals surface area contributed by atoms with Crippen molar-refractivity contribution in [1.82, 2.24) is 19.7 Å². The average Bonchev–Trinajstić information content (AvgIpc) is 3.14. The molecule has 0 aliphatic carbocycles. The first-order chi connectivity index (χ1) is 13.1. The highest BCUT2D eigenvalue weighted by atomic mass is 16.5. The van der Waals surface area contributed by atoms with Gasteiger partial charge in [-0.3, -0.25) is 14.5 Å². The summed E-state index contributed by atoms with van der Waals surface area (Å²) in [6.07, 6.45) is 7.84. The van der Waals surface area contributed by atoms with Gasteiger partial charge in [0.25, 0.3) is 5.91 Å². The van der Waals surface area contributed by atoms with Gasteiger partial charge in [-0.2, -0.15) is 5.10 Å². The van der Waals surface area contributed by atoms with Crippen LogP contribution in [0.2, 0.25) is 0 Å². The Labute approximate surface area is 158 Å². The minimum absolute atomic E-state index is 0.0695. The molecule has 138 valence electrons. The molecule has 0 saturated carbocycles. The number of amides is 1. The molecule has 0 saturated heterocycles. The molecule has 1 amide bonds. The lowest BCUT2D eigenvalue weighted by Crippen LogP contribution is -2.33. The first kappa shape index (κ1) is 17.4. The lowest BCUT2D eigenvalue weighted by atomic mass is 9.97. The number of carbonyl (C=O) groups is 1. The van der Waals surface area contributed by atoms with Crippen molar-refractivity contribution >= 4 is 5.91 Å². The van der Waals surface area contributed by atoms with Crippen LogP contribution >= 0.6 is 0 Å². The zero-order valence-corrected chi connectivity index (χ0v) is 15.5. The molecule has 6 nitrogen and oxygen atoms in total. The van der Waals surface area contributed by atoms with E-state index in [0.29, 0.717) is 18.7 Å². The van der Waals surface area contributed by atoms with Crippen LogP contribution in [0.4, 0.5) is 0 Å². The van der Waals surface area contributed by atoms with Crippen molar-refractivity contribution in [1.29, 1.82) is 0 Å². The number of aryl methyl sites for hydroxylation is 1. The van der Waals surface area contributed by atoms with Gasteiger partial charge in [-0.15, -0.1) is 0 Å². The van der Waals surface area contributed by atoms with Crippen molar-refractivity contribution < 1.29 is 9.53 Å². The fraction of sp³-hybridized carbons (Fsp3) is 0.286. The second kappa shape index (κ2) is 7.32. The van der Waals surface area contributed by atoms with E-state index in [1.54, 1.807) is 35.2 Å². The Morgan fingerprint density at radius 1 is 1.26 bits per heavy atom. The predicted molar refractivity (Wildman–Crippen MR) is 102 cm³/mol. The number of hydrogen-bond acceptors (Lipinski definition) is 4. The number of ether oxygens (including phenoxy) is 1. The van der Waals surface area contributed by atoms with E-state index >= 15 is 0 Å². The molecule has 27 heavy (non-hydrogen) atoms.